The van der Waals surface area contributed by atoms with Crippen LogP contribution >= 0.6 is 0 Å². The number of nitrogens with zero attached hydrogens (tertiary/aromatic N) is 3. The van der Waals surface area contributed by atoms with Crippen molar-refractivity contribution in [1.29, 1.82) is 0 Å². The largest absolute Gasteiger partial charge is 0.320 e. The Morgan fingerprint density at radius 1 is 1.06 bits per heavy atom. The topological polar surface area (TPSA) is 93.4 Å². The highest BCUT2D eigenvalue weighted by Crippen LogP contribution is 2.24. The monoisotopic (exact) mass is 486 g/mol. The van der Waals surface area contributed by atoms with Gasteiger partial charge in [-0.05, 0) is 38.0 Å². The molecule has 3 aromatic rings. The lowest BCUT2D eigenvalue weighted by Crippen LogP contribution is -2.42. The van der Waals surface area contributed by atoms with Gasteiger partial charge in [0.05, 0.1) is 17.1 Å². The lowest BCUT2D eigenvalue weighted by Gasteiger charge is -2.30. The Bertz CT molecular complexity index is 1360. The SMILES string of the molecule is Cc1c(NC(=O)C2CCN(S(=O)(=O)Cc3ccccc3F)CC2)c(=O)n(-c2ccccc2)n1C. The molecule has 10 heteroatoms. The molecule has 0 saturated carbocycles. The summed E-state index contributed by atoms with van der Waals surface area (Å²) in [4.78, 5) is 26.0. The Morgan fingerprint density at radius 3 is 2.32 bits per heavy atom. The summed E-state index contributed by atoms with van der Waals surface area (Å²) >= 11 is 0. The number of aromatic nitrogens is 2. The first-order valence-electron chi connectivity index (χ1n) is 11.0. The summed E-state index contributed by atoms with van der Waals surface area (Å²) in [7, 11) is -1.96. The second-order valence-electron chi connectivity index (χ2n) is 8.45. The number of halogens is 1. The first-order chi connectivity index (χ1) is 16.2. The molecule has 1 aliphatic heterocycles. The molecule has 1 fully saturated rings. The minimum absolute atomic E-state index is 0.122. The van der Waals surface area contributed by atoms with Crippen LogP contribution in [-0.4, -0.2) is 41.1 Å². The van der Waals surface area contributed by atoms with E-state index in [9.17, 15) is 22.4 Å². The number of para-hydroxylation sites is 1. The lowest BCUT2D eigenvalue weighted by atomic mass is 9.97. The Morgan fingerprint density at radius 2 is 1.68 bits per heavy atom. The maximum atomic E-state index is 13.9. The first kappa shape index (κ1) is 23.9. The van der Waals surface area contributed by atoms with E-state index >= 15 is 0 Å². The van der Waals surface area contributed by atoms with Gasteiger partial charge >= 0.3 is 0 Å². The van der Waals surface area contributed by atoms with Gasteiger partial charge in [-0.1, -0.05) is 36.4 Å². The van der Waals surface area contributed by atoms with Crippen molar-refractivity contribution in [2.45, 2.75) is 25.5 Å². The van der Waals surface area contributed by atoms with Gasteiger partial charge in [-0.2, -0.15) is 0 Å². The molecule has 1 amide bonds. The van der Waals surface area contributed by atoms with Crippen molar-refractivity contribution in [3.8, 4) is 5.69 Å². The van der Waals surface area contributed by atoms with E-state index in [1.54, 1.807) is 24.7 Å². The minimum Gasteiger partial charge on any atom is -0.320 e. The molecule has 1 saturated heterocycles. The van der Waals surface area contributed by atoms with E-state index in [1.165, 1.54) is 27.2 Å². The Hall–Kier alpha value is -3.24. The number of hydrogen-bond donors (Lipinski definition) is 1. The van der Waals surface area contributed by atoms with Gasteiger partial charge in [0.1, 0.15) is 11.5 Å². The van der Waals surface area contributed by atoms with Gasteiger partial charge in [0.25, 0.3) is 5.56 Å². The zero-order valence-corrected chi connectivity index (χ0v) is 19.9. The van der Waals surface area contributed by atoms with Crippen molar-refractivity contribution < 1.29 is 17.6 Å². The van der Waals surface area contributed by atoms with E-state index < -0.39 is 27.5 Å². The van der Waals surface area contributed by atoms with Crippen LogP contribution in [0.3, 0.4) is 0 Å². The molecule has 2 heterocycles. The van der Waals surface area contributed by atoms with Crippen LogP contribution < -0.4 is 10.9 Å². The highest BCUT2D eigenvalue weighted by atomic mass is 32.2. The van der Waals surface area contributed by atoms with Crippen LogP contribution in [0.1, 0.15) is 24.1 Å². The van der Waals surface area contributed by atoms with Gasteiger partial charge in [-0.3, -0.25) is 14.3 Å². The number of piperidine rings is 1. The fourth-order valence-electron chi connectivity index (χ4n) is 4.24. The molecule has 1 N–H and O–H groups in total. The van der Waals surface area contributed by atoms with Crippen molar-refractivity contribution in [3.05, 3.63) is 82.0 Å². The first-order valence-corrected chi connectivity index (χ1v) is 12.7. The molecule has 1 aromatic heterocycles. The van der Waals surface area contributed by atoms with Crippen LogP contribution in [0.5, 0.6) is 0 Å². The van der Waals surface area contributed by atoms with E-state index in [0.29, 0.717) is 24.2 Å². The number of carbonyl (C=O) groups excluding carboxylic acids is 1. The van der Waals surface area contributed by atoms with E-state index in [4.69, 9.17) is 0 Å². The predicted molar refractivity (Wildman–Crippen MR) is 128 cm³/mol. The normalized spacial score (nSPS) is 15.4. The third-order valence-corrected chi connectivity index (χ3v) is 8.14. The van der Waals surface area contributed by atoms with Crippen LogP contribution in [0.2, 0.25) is 0 Å². The molecular formula is C24H27FN4O4S. The van der Waals surface area contributed by atoms with E-state index in [1.807, 2.05) is 30.3 Å². The van der Waals surface area contributed by atoms with Crippen LogP contribution in [0, 0.1) is 18.7 Å². The summed E-state index contributed by atoms with van der Waals surface area (Å²) in [6.07, 6.45) is 0.641. The van der Waals surface area contributed by atoms with Crippen molar-refractivity contribution in [2.75, 3.05) is 18.4 Å². The lowest BCUT2D eigenvalue weighted by molar-refractivity contribution is -0.120. The average molecular weight is 487 g/mol. The second-order valence-corrected chi connectivity index (χ2v) is 10.4. The molecule has 0 aliphatic carbocycles. The van der Waals surface area contributed by atoms with Gasteiger partial charge in [0.2, 0.25) is 15.9 Å². The number of hydrogen-bond acceptors (Lipinski definition) is 4. The minimum atomic E-state index is -3.71. The number of rotatable bonds is 6. The highest BCUT2D eigenvalue weighted by molar-refractivity contribution is 7.88. The number of benzene rings is 2. The molecule has 0 radical (unpaired) electrons. The zero-order valence-electron chi connectivity index (χ0n) is 19.1. The third kappa shape index (κ3) is 4.69. The molecule has 2 aromatic carbocycles. The number of nitrogens with one attached hydrogen (secondary N) is 1. The molecule has 0 unspecified atom stereocenters. The van der Waals surface area contributed by atoms with Crippen LogP contribution in [-0.2, 0) is 27.6 Å². The molecule has 8 nitrogen and oxygen atoms in total. The van der Waals surface area contributed by atoms with Gasteiger partial charge < -0.3 is 5.32 Å². The van der Waals surface area contributed by atoms with Crippen LogP contribution in [0.15, 0.2) is 59.4 Å². The summed E-state index contributed by atoms with van der Waals surface area (Å²) in [5.41, 5.74) is 1.31. The summed E-state index contributed by atoms with van der Waals surface area (Å²) in [6, 6.07) is 14.9. The fraction of sp³-hybridized carbons (Fsp3) is 0.333. The maximum Gasteiger partial charge on any atom is 0.295 e. The number of sulfonamides is 1. The summed E-state index contributed by atoms with van der Waals surface area (Å²) in [5, 5.41) is 2.77. The third-order valence-electron chi connectivity index (χ3n) is 6.32. The highest BCUT2D eigenvalue weighted by Gasteiger charge is 2.32. The maximum absolute atomic E-state index is 13.9. The summed E-state index contributed by atoms with van der Waals surface area (Å²) in [5.74, 6) is -1.71. The molecule has 0 spiro atoms. The van der Waals surface area contributed by atoms with E-state index in [2.05, 4.69) is 5.32 Å². The molecule has 4 rings (SSSR count). The number of carbonyl (C=O) groups is 1. The van der Waals surface area contributed by atoms with Gasteiger partial charge in [-0.25, -0.2) is 21.8 Å². The van der Waals surface area contributed by atoms with Crippen LogP contribution in [0.4, 0.5) is 10.1 Å². The standard InChI is InChI=1S/C24H27FN4O4S/c1-17-22(24(31)29(27(17)2)20-9-4-3-5-10-20)26-23(30)18-12-14-28(15-13-18)34(32,33)16-19-8-6-7-11-21(19)25/h3-11,18H,12-16H2,1-2H3,(H,26,30). The molecule has 180 valence electrons. The van der Waals surface area contributed by atoms with Crippen molar-refractivity contribution >= 4 is 21.6 Å². The second kappa shape index (κ2) is 9.55. The average Bonchev–Trinajstić information content (AvgIpc) is 3.04. The predicted octanol–water partition coefficient (Wildman–Crippen LogP) is 2.80. The van der Waals surface area contributed by atoms with Gasteiger partial charge in [0.15, 0.2) is 0 Å². The van der Waals surface area contributed by atoms with Crippen molar-refractivity contribution in [3.63, 3.8) is 0 Å². The Balaban J connectivity index is 1.43. The smallest absolute Gasteiger partial charge is 0.295 e. The van der Waals surface area contributed by atoms with E-state index in [0.717, 1.165) is 0 Å². The van der Waals surface area contributed by atoms with Gasteiger partial charge in [0, 0.05) is 31.6 Å². The fourth-order valence-corrected chi connectivity index (χ4v) is 5.81. The molecular weight excluding hydrogens is 459 g/mol. The van der Waals surface area contributed by atoms with Crippen molar-refractivity contribution in [1.82, 2.24) is 13.7 Å². The number of amides is 1. The Kier molecular flexibility index (Phi) is 6.72. The number of anilines is 1. The van der Waals surface area contributed by atoms with Gasteiger partial charge in [-0.15, -0.1) is 0 Å². The quantitative estimate of drug-likeness (QED) is 0.580. The Labute approximate surface area is 197 Å². The van der Waals surface area contributed by atoms with Crippen molar-refractivity contribution in [2.24, 2.45) is 13.0 Å². The molecule has 0 atom stereocenters. The summed E-state index contributed by atoms with van der Waals surface area (Å²) in [6.45, 7) is 2.09. The molecule has 0 bridgehead atoms. The zero-order chi connectivity index (χ0) is 24.5. The van der Waals surface area contributed by atoms with Crippen LogP contribution in [0.25, 0.3) is 5.69 Å². The molecule has 1 aliphatic rings. The molecule has 34 heavy (non-hydrogen) atoms. The van der Waals surface area contributed by atoms with E-state index in [-0.39, 0.29) is 35.8 Å². The summed E-state index contributed by atoms with van der Waals surface area (Å²) < 4.78 is 43.9.